The highest BCUT2D eigenvalue weighted by Gasteiger charge is 2.29. The minimum atomic E-state index is 0.0519. The third-order valence-corrected chi connectivity index (χ3v) is 3.66. The van der Waals surface area contributed by atoms with Crippen molar-refractivity contribution in [3.8, 4) is 0 Å². The van der Waals surface area contributed by atoms with Gasteiger partial charge in [0.1, 0.15) is 0 Å². The molecule has 0 bridgehead atoms. The summed E-state index contributed by atoms with van der Waals surface area (Å²) in [6.07, 6.45) is 1.78. The van der Waals surface area contributed by atoms with Crippen LogP contribution in [0, 0.1) is 6.92 Å². The Hall–Kier alpha value is -2.15. The molecule has 0 amide bonds. The normalized spacial score (nSPS) is 13.2. The van der Waals surface area contributed by atoms with Crippen LogP contribution in [0.2, 0.25) is 0 Å². The maximum atomic E-state index is 12.8. The summed E-state index contributed by atoms with van der Waals surface area (Å²) >= 11 is 0. The van der Waals surface area contributed by atoms with Crippen molar-refractivity contribution in [1.82, 2.24) is 0 Å². The Kier molecular flexibility index (Phi) is 5.87. The summed E-state index contributed by atoms with van der Waals surface area (Å²) in [6, 6.07) is 5.88. The summed E-state index contributed by atoms with van der Waals surface area (Å²) in [5, 5.41) is 0. The van der Waals surface area contributed by atoms with Crippen LogP contribution in [0.3, 0.4) is 0 Å². The molecular weight excluding hydrogens is 268 g/mol. The van der Waals surface area contributed by atoms with Crippen LogP contribution in [0.5, 0.6) is 0 Å². The fourth-order valence-corrected chi connectivity index (χ4v) is 2.85. The number of ketones is 1. The van der Waals surface area contributed by atoms with E-state index in [2.05, 4.69) is 27.0 Å². The van der Waals surface area contributed by atoms with Gasteiger partial charge < -0.3 is 0 Å². The highest BCUT2D eigenvalue weighted by atomic mass is 16.1. The summed E-state index contributed by atoms with van der Waals surface area (Å²) in [4.78, 5) is 12.8. The van der Waals surface area contributed by atoms with Crippen LogP contribution in [0.4, 0.5) is 0 Å². The van der Waals surface area contributed by atoms with E-state index >= 15 is 0 Å². The Morgan fingerprint density at radius 2 is 1.73 bits per heavy atom. The lowest BCUT2D eigenvalue weighted by atomic mass is 9.76. The summed E-state index contributed by atoms with van der Waals surface area (Å²) in [5.74, 6) is 0.0519. The maximum absolute atomic E-state index is 12.8. The number of aryl methyl sites for hydroxylation is 1. The van der Waals surface area contributed by atoms with Gasteiger partial charge in [0, 0.05) is 11.1 Å². The van der Waals surface area contributed by atoms with Gasteiger partial charge in [-0.1, -0.05) is 56.9 Å². The minimum absolute atomic E-state index is 0.0519. The lowest BCUT2D eigenvalue weighted by Crippen LogP contribution is -2.17. The van der Waals surface area contributed by atoms with Gasteiger partial charge in [0.05, 0.1) is 0 Å². The van der Waals surface area contributed by atoms with Crippen LogP contribution in [-0.4, -0.2) is 5.78 Å². The van der Waals surface area contributed by atoms with E-state index in [0.717, 1.165) is 33.4 Å². The van der Waals surface area contributed by atoms with Crippen molar-refractivity contribution in [2.45, 2.75) is 41.5 Å². The Labute approximate surface area is 134 Å². The number of rotatable bonds is 2. The molecule has 2 rings (SSSR count). The van der Waals surface area contributed by atoms with E-state index in [0.29, 0.717) is 5.57 Å². The number of Topliss-reactive ketones (excluding diaryl/α,β-unsaturated/α-hetero) is 1. The van der Waals surface area contributed by atoms with Crippen LogP contribution in [0.15, 0.2) is 59.7 Å². The van der Waals surface area contributed by atoms with Gasteiger partial charge in [0.15, 0.2) is 5.78 Å². The Morgan fingerprint density at radius 1 is 1.14 bits per heavy atom. The van der Waals surface area contributed by atoms with Crippen molar-refractivity contribution in [2.24, 2.45) is 0 Å². The van der Waals surface area contributed by atoms with Crippen LogP contribution in [0.1, 0.15) is 56.1 Å². The van der Waals surface area contributed by atoms with E-state index in [1.165, 1.54) is 5.57 Å². The fraction of sp³-hybridized carbons (Fsp3) is 0.286. The number of carbonyl (C=O) groups is 1. The second-order valence-corrected chi connectivity index (χ2v) is 5.47. The highest BCUT2D eigenvalue weighted by Crippen LogP contribution is 2.41. The molecule has 1 aromatic rings. The first-order chi connectivity index (χ1) is 10.4. The molecule has 0 saturated carbocycles. The maximum Gasteiger partial charge on any atom is 0.194 e. The summed E-state index contributed by atoms with van der Waals surface area (Å²) in [6.45, 7) is 19.9. The van der Waals surface area contributed by atoms with E-state index in [1.54, 1.807) is 6.08 Å². The lowest BCUT2D eigenvalue weighted by molar-refractivity contribution is 0.103. The minimum Gasteiger partial charge on any atom is -0.289 e. The quantitative estimate of drug-likeness (QED) is 0.647. The molecule has 0 aromatic heterocycles. The average molecular weight is 294 g/mol. The van der Waals surface area contributed by atoms with Crippen LogP contribution in [-0.2, 0) is 0 Å². The van der Waals surface area contributed by atoms with Gasteiger partial charge in [-0.25, -0.2) is 0 Å². The predicted octanol–water partition coefficient (Wildman–Crippen LogP) is 6.07. The van der Waals surface area contributed by atoms with Crippen molar-refractivity contribution in [3.63, 3.8) is 0 Å². The van der Waals surface area contributed by atoms with E-state index in [4.69, 9.17) is 0 Å². The van der Waals surface area contributed by atoms with E-state index in [9.17, 15) is 4.79 Å². The van der Waals surface area contributed by atoms with Crippen molar-refractivity contribution in [2.75, 3.05) is 0 Å². The molecule has 0 aliphatic heterocycles. The number of carbonyl (C=O) groups excluding carboxylic acids is 1. The van der Waals surface area contributed by atoms with Crippen LogP contribution in [0.25, 0.3) is 5.57 Å². The Bertz CT molecular complexity index is 693. The summed E-state index contributed by atoms with van der Waals surface area (Å²) < 4.78 is 0. The largest absolute Gasteiger partial charge is 0.289 e. The van der Waals surface area contributed by atoms with Gasteiger partial charge >= 0.3 is 0 Å². The smallest absolute Gasteiger partial charge is 0.194 e. The zero-order chi connectivity index (χ0) is 17.0. The van der Waals surface area contributed by atoms with Crippen molar-refractivity contribution in [3.05, 3.63) is 76.4 Å². The topological polar surface area (TPSA) is 17.1 Å². The molecule has 0 radical (unpaired) electrons. The predicted molar refractivity (Wildman–Crippen MR) is 97.2 cm³/mol. The number of hydrogen-bond donors (Lipinski definition) is 0. The molecular formula is C21H26O. The molecule has 0 fully saturated rings. The molecule has 1 nitrogen and oxygen atoms in total. The molecule has 0 saturated heterocycles. The van der Waals surface area contributed by atoms with Crippen molar-refractivity contribution >= 4 is 11.4 Å². The van der Waals surface area contributed by atoms with Crippen LogP contribution < -0.4 is 0 Å². The summed E-state index contributed by atoms with van der Waals surface area (Å²) in [7, 11) is 0. The molecule has 1 aliphatic carbocycles. The molecule has 0 spiro atoms. The molecule has 0 N–H and O–H groups in total. The van der Waals surface area contributed by atoms with Gasteiger partial charge in [-0.2, -0.15) is 0 Å². The molecule has 1 heteroatoms. The highest BCUT2D eigenvalue weighted by molar-refractivity contribution is 6.20. The molecule has 22 heavy (non-hydrogen) atoms. The third kappa shape index (κ3) is 2.89. The monoisotopic (exact) mass is 294 g/mol. The zero-order valence-electron chi connectivity index (χ0n) is 14.6. The van der Waals surface area contributed by atoms with Gasteiger partial charge in [-0.05, 0) is 55.5 Å². The molecule has 1 aliphatic rings. The van der Waals surface area contributed by atoms with E-state index in [1.807, 2.05) is 45.9 Å². The average Bonchev–Trinajstić information content (AvgIpc) is 2.48. The number of hydrogen-bond acceptors (Lipinski definition) is 1. The second kappa shape index (κ2) is 7.22. The van der Waals surface area contributed by atoms with Crippen molar-refractivity contribution in [1.29, 1.82) is 0 Å². The van der Waals surface area contributed by atoms with Gasteiger partial charge in [0.2, 0.25) is 0 Å². The lowest BCUT2D eigenvalue weighted by Gasteiger charge is -2.26. The molecule has 0 atom stereocenters. The zero-order valence-corrected chi connectivity index (χ0v) is 14.6. The number of benzene rings is 1. The number of allylic oxidation sites excluding steroid dienone is 6. The van der Waals surface area contributed by atoms with E-state index < -0.39 is 0 Å². The first kappa shape index (κ1) is 17.9. The molecule has 116 valence electrons. The fourth-order valence-electron chi connectivity index (χ4n) is 2.85. The van der Waals surface area contributed by atoms with E-state index in [-0.39, 0.29) is 5.78 Å². The van der Waals surface area contributed by atoms with Crippen molar-refractivity contribution < 1.29 is 4.79 Å². The number of fused-ring (bicyclic) bond motifs is 1. The summed E-state index contributed by atoms with van der Waals surface area (Å²) in [5.41, 5.74) is 7.61. The standard InChI is InChI=1S/C19H20O.C2H6/c1-7-14-16(11(2)3)18-13(6)9-8-10-15(18)19(20)17(14)12(4)5;1-2/h7-10H,1,4H2,2-3,5-6H3;1-2H3. The molecule has 0 unspecified atom stereocenters. The van der Waals surface area contributed by atoms with Gasteiger partial charge in [-0.3, -0.25) is 4.79 Å². The first-order valence-corrected chi connectivity index (χ1v) is 7.75. The second-order valence-electron chi connectivity index (χ2n) is 5.47. The van der Waals surface area contributed by atoms with Crippen LogP contribution >= 0.6 is 0 Å². The van der Waals surface area contributed by atoms with Gasteiger partial charge in [-0.15, -0.1) is 0 Å². The molecule has 0 heterocycles. The Morgan fingerprint density at radius 3 is 2.18 bits per heavy atom. The third-order valence-electron chi connectivity index (χ3n) is 3.66. The molecule has 1 aromatic carbocycles. The SMILES string of the molecule is C=CC1=C(C(=C)C)C(=O)c2cccc(C)c2C1=C(C)C.CC. The van der Waals surface area contributed by atoms with Gasteiger partial charge in [0.25, 0.3) is 0 Å². The Balaban J connectivity index is 0.00000116. The first-order valence-electron chi connectivity index (χ1n) is 7.75.